The molecule has 1 aliphatic carbocycles. The maximum Gasteiger partial charge on any atom is 0.326 e. The summed E-state index contributed by atoms with van der Waals surface area (Å²) in [7, 11) is 0. The van der Waals surface area contributed by atoms with E-state index in [0.29, 0.717) is 55.6 Å². The number of anilines is 1. The molecule has 3 unspecified atom stereocenters. The zero-order valence-electron chi connectivity index (χ0n) is 31.6. The maximum atomic E-state index is 14.6. The summed E-state index contributed by atoms with van der Waals surface area (Å²) in [5.41, 5.74) is 2.36. The van der Waals surface area contributed by atoms with E-state index in [0.717, 1.165) is 24.0 Å². The van der Waals surface area contributed by atoms with Gasteiger partial charge in [0.05, 0.1) is 5.41 Å². The van der Waals surface area contributed by atoms with Crippen LogP contribution in [-0.4, -0.2) is 76.0 Å². The van der Waals surface area contributed by atoms with Gasteiger partial charge in [-0.05, 0) is 79.1 Å². The summed E-state index contributed by atoms with van der Waals surface area (Å²) < 4.78 is 5.90. The van der Waals surface area contributed by atoms with Gasteiger partial charge in [0.25, 0.3) is 11.8 Å². The Morgan fingerprint density at radius 2 is 1.57 bits per heavy atom. The molecule has 292 valence electrons. The number of amides is 4. The van der Waals surface area contributed by atoms with Crippen LogP contribution in [0, 0.1) is 5.41 Å². The molecule has 2 heterocycles. The Morgan fingerprint density at radius 3 is 2.21 bits per heavy atom. The molecule has 3 aromatic carbocycles. The first-order chi connectivity index (χ1) is 27.1. The van der Waals surface area contributed by atoms with E-state index in [9.17, 15) is 29.1 Å². The third kappa shape index (κ3) is 9.79. The fraction of sp³-hybridized carbons (Fsp3) is 0.364. The van der Waals surface area contributed by atoms with Gasteiger partial charge in [0.15, 0.2) is 6.61 Å². The number of carbonyl (C=O) groups excluding carboxylic acids is 4. The summed E-state index contributed by atoms with van der Waals surface area (Å²) in [5, 5.41) is 15.7. The summed E-state index contributed by atoms with van der Waals surface area (Å²) in [6.45, 7) is 1.51. The van der Waals surface area contributed by atoms with Gasteiger partial charge in [-0.2, -0.15) is 0 Å². The lowest BCUT2D eigenvalue weighted by molar-refractivity contribution is -0.144. The normalized spacial score (nSPS) is 18.0. The first kappa shape index (κ1) is 39.6. The molecule has 56 heavy (non-hydrogen) atoms. The number of pyridine rings is 1. The second kappa shape index (κ2) is 18.5. The highest BCUT2D eigenvalue weighted by Crippen LogP contribution is 2.41. The van der Waals surface area contributed by atoms with Crippen LogP contribution in [0.2, 0.25) is 0 Å². The summed E-state index contributed by atoms with van der Waals surface area (Å²) in [6.07, 6.45) is 7.48. The molecule has 0 radical (unpaired) electrons. The van der Waals surface area contributed by atoms with E-state index in [1.807, 2.05) is 54.6 Å². The Morgan fingerprint density at radius 1 is 0.893 bits per heavy atom. The minimum Gasteiger partial charge on any atom is -0.484 e. The fourth-order valence-corrected chi connectivity index (χ4v) is 7.93. The number of carbonyl (C=O) groups is 5. The number of ether oxygens (including phenoxy) is 1. The Kier molecular flexibility index (Phi) is 13.1. The number of nitrogens with one attached hydrogen (secondary N) is 2. The molecule has 2 fully saturated rings. The van der Waals surface area contributed by atoms with Crippen LogP contribution in [0.4, 0.5) is 5.69 Å². The maximum absolute atomic E-state index is 14.6. The number of carboxylic acid groups (broad SMARTS) is 1. The SMILES string of the molecule is CC(=O)NCCC1(C(=O)NC(Cc2ccc(N3C(=O)C(Cc4cccnc4)N(C(=O)COc4ccccc4)C3CCc3ccccc3)cc2)C(=O)O)CCCC1. The van der Waals surface area contributed by atoms with Gasteiger partial charge in [0, 0.05) is 44.4 Å². The molecule has 12 nitrogen and oxygen atoms in total. The molecule has 1 aromatic heterocycles. The van der Waals surface area contributed by atoms with Crippen molar-refractivity contribution in [2.45, 2.75) is 83.0 Å². The van der Waals surface area contributed by atoms with Gasteiger partial charge in [-0.25, -0.2) is 4.79 Å². The number of hydrogen-bond donors (Lipinski definition) is 3. The van der Waals surface area contributed by atoms with Crippen LogP contribution in [0.5, 0.6) is 5.75 Å². The summed E-state index contributed by atoms with van der Waals surface area (Å²) in [4.78, 5) is 73.9. The van der Waals surface area contributed by atoms with E-state index in [1.165, 1.54) is 6.92 Å². The number of aromatic nitrogens is 1. The number of benzene rings is 3. The summed E-state index contributed by atoms with van der Waals surface area (Å²) >= 11 is 0. The van der Waals surface area contributed by atoms with Crippen LogP contribution in [0.1, 0.15) is 62.1 Å². The lowest BCUT2D eigenvalue weighted by Crippen LogP contribution is -2.49. The number of aryl methyl sites for hydroxylation is 1. The second-order valence-electron chi connectivity index (χ2n) is 14.7. The molecule has 3 atom stereocenters. The van der Waals surface area contributed by atoms with Crippen molar-refractivity contribution in [2.24, 2.45) is 5.41 Å². The van der Waals surface area contributed by atoms with Crippen molar-refractivity contribution in [2.75, 3.05) is 18.1 Å². The largest absolute Gasteiger partial charge is 0.484 e. The lowest BCUT2D eigenvalue weighted by Gasteiger charge is -2.32. The molecule has 12 heteroatoms. The van der Waals surface area contributed by atoms with Gasteiger partial charge in [-0.3, -0.25) is 29.1 Å². The van der Waals surface area contributed by atoms with Crippen LogP contribution < -0.4 is 20.3 Å². The van der Waals surface area contributed by atoms with Gasteiger partial charge in [-0.1, -0.05) is 79.6 Å². The van der Waals surface area contributed by atoms with Crippen LogP contribution in [0.15, 0.2) is 109 Å². The standard InChI is InChI=1S/C44H49N5O7/c1-31(50)46-26-24-44(22-8-9-23-44)43(55)47-37(42(53)54)27-33-16-19-35(20-17-33)48-39(21-18-32-11-4-2-5-12-32)49(40(51)30-56-36-14-6-3-7-15-36)38(41(48)52)28-34-13-10-25-45-29-34/h2-7,10-17,19-20,25,29,37-39H,8-9,18,21-24,26-28,30H2,1H3,(H,46,50)(H,47,55)(H,53,54). The highest BCUT2D eigenvalue weighted by Gasteiger charge is 2.49. The van der Waals surface area contributed by atoms with Crippen molar-refractivity contribution in [3.05, 3.63) is 126 Å². The second-order valence-corrected chi connectivity index (χ2v) is 14.7. The fourth-order valence-electron chi connectivity index (χ4n) is 7.93. The first-order valence-corrected chi connectivity index (χ1v) is 19.3. The highest BCUT2D eigenvalue weighted by molar-refractivity contribution is 6.03. The molecule has 4 amide bonds. The van der Waals surface area contributed by atoms with Crippen molar-refractivity contribution in [3.63, 3.8) is 0 Å². The van der Waals surface area contributed by atoms with Gasteiger partial charge >= 0.3 is 5.97 Å². The number of para-hydroxylation sites is 1. The molecule has 0 bridgehead atoms. The lowest BCUT2D eigenvalue weighted by atomic mass is 9.81. The minimum atomic E-state index is -1.18. The first-order valence-electron chi connectivity index (χ1n) is 19.3. The molecule has 1 saturated heterocycles. The predicted octanol–water partition coefficient (Wildman–Crippen LogP) is 5.10. The van der Waals surface area contributed by atoms with Gasteiger partial charge in [0.1, 0.15) is 24.0 Å². The van der Waals surface area contributed by atoms with E-state index < -0.39 is 29.6 Å². The van der Waals surface area contributed by atoms with Crippen LogP contribution in [0.25, 0.3) is 0 Å². The smallest absolute Gasteiger partial charge is 0.326 e. The Labute approximate surface area is 327 Å². The Balaban J connectivity index is 1.25. The van der Waals surface area contributed by atoms with Crippen molar-refractivity contribution in [3.8, 4) is 5.75 Å². The molecule has 1 saturated carbocycles. The number of nitrogens with zero attached hydrogens (tertiary/aromatic N) is 3. The predicted molar refractivity (Wildman–Crippen MR) is 210 cm³/mol. The Hall–Kier alpha value is -6.04. The Bertz CT molecular complexity index is 1950. The quantitative estimate of drug-likeness (QED) is 0.134. The third-order valence-electron chi connectivity index (χ3n) is 10.8. The van der Waals surface area contributed by atoms with E-state index in [1.54, 1.807) is 64.7 Å². The number of hydrogen-bond acceptors (Lipinski definition) is 7. The average Bonchev–Trinajstić information content (AvgIpc) is 3.80. The molecular weight excluding hydrogens is 711 g/mol. The van der Waals surface area contributed by atoms with Gasteiger partial charge < -0.3 is 25.4 Å². The molecule has 3 N–H and O–H groups in total. The minimum absolute atomic E-state index is 0.0274. The molecule has 1 aliphatic heterocycles. The molecule has 0 spiro atoms. The van der Waals surface area contributed by atoms with E-state index in [4.69, 9.17) is 4.74 Å². The van der Waals surface area contributed by atoms with Crippen LogP contribution in [0.3, 0.4) is 0 Å². The van der Waals surface area contributed by atoms with E-state index in [2.05, 4.69) is 15.6 Å². The molecule has 2 aliphatic rings. The van der Waals surface area contributed by atoms with Crippen LogP contribution in [-0.2, 0) is 43.2 Å². The number of rotatable bonds is 17. The van der Waals surface area contributed by atoms with Gasteiger partial charge in [-0.15, -0.1) is 0 Å². The van der Waals surface area contributed by atoms with Crippen molar-refractivity contribution >= 4 is 35.3 Å². The summed E-state index contributed by atoms with van der Waals surface area (Å²) in [6, 6.07) is 27.7. The van der Waals surface area contributed by atoms with Crippen LogP contribution >= 0.6 is 0 Å². The monoisotopic (exact) mass is 759 g/mol. The molecule has 6 rings (SSSR count). The van der Waals surface area contributed by atoms with E-state index >= 15 is 0 Å². The zero-order chi connectivity index (χ0) is 39.5. The van der Waals surface area contributed by atoms with Crippen molar-refractivity contribution < 1.29 is 33.8 Å². The third-order valence-corrected chi connectivity index (χ3v) is 10.8. The highest BCUT2D eigenvalue weighted by atomic mass is 16.5. The van der Waals surface area contributed by atoms with Gasteiger partial charge in [0.2, 0.25) is 11.8 Å². The zero-order valence-corrected chi connectivity index (χ0v) is 31.6. The molecular formula is C44H49N5O7. The number of aliphatic carboxylic acids is 1. The van der Waals surface area contributed by atoms with E-state index in [-0.39, 0.29) is 43.1 Å². The summed E-state index contributed by atoms with van der Waals surface area (Å²) in [5.74, 6) is -1.67. The van der Waals surface area contributed by atoms with Crippen molar-refractivity contribution in [1.82, 2.24) is 20.5 Å². The average molecular weight is 760 g/mol. The molecule has 4 aromatic rings. The topological polar surface area (TPSA) is 158 Å². The number of carboxylic acids is 1. The van der Waals surface area contributed by atoms with Crippen molar-refractivity contribution in [1.29, 1.82) is 0 Å².